The van der Waals surface area contributed by atoms with E-state index in [-0.39, 0.29) is 19.2 Å². The lowest BCUT2D eigenvalue weighted by Gasteiger charge is -2.14. The van der Waals surface area contributed by atoms with E-state index in [4.69, 9.17) is 9.47 Å². The third-order valence-electron chi connectivity index (χ3n) is 4.30. The lowest BCUT2D eigenvalue weighted by atomic mass is 10.1. The van der Waals surface area contributed by atoms with Gasteiger partial charge in [-0.3, -0.25) is 4.79 Å². The van der Waals surface area contributed by atoms with Crippen LogP contribution < -0.4 is 19.7 Å². The first-order chi connectivity index (χ1) is 13.7. The van der Waals surface area contributed by atoms with Crippen LogP contribution in [0.5, 0.6) is 11.5 Å². The number of hydrogen-bond acceptors (Lipinski definition) is 7. The molecule has 0 radical (unpaired) electrons. The Morgan fingerprint density at radius 1 is 1.14 bits per heavy atom. The molecule has 1 N–H and O–H groups in total. The molecule has 8 heteroatoms. The van der Waals surface area contributed by atoms with Crippen LogP contribution in [0.15, 0.2) is 48.5 Å². The molecular formula is C20H20N4O3S. The Hall–Kier alpha value is -3.13. The first-order valence-corrected chi connectivity index (χ1v) is 9.67. The highest BCUT2D eigenvalue weighted by atomic mass is 32.1. The van der Waals surface area contributed by atoms with Crippen molar-refractivity contribution < 1.29 is 14.3 Å². The summed E-state index contributed by atoms with van der Waals surface area (Å²) in [4.78, 5) is 18.6. The molecule has 0 spiro atoms. The molecule has 0 bridgehead atoms. The molecule has 0 atom stereocenters. The first kappa shape index (κ1) is 18.2. The summed E-state index contributed by atoms with van der Waals surface area (Å²) in [7, 11) is 1.84. The fourth-order valence-electron chi connectivity index (χ4n) is 2.84. The second-order valence-corrected chi connectivity index (χ2v) is 7.21. The van der Waals surface area contributed by atoms with Crippen molar-refractivity contribution in [1.82, 2.24) is 14.7 Å². The van der Waals surface area contributed by atoms with Crippen LogP contribution in [-0.2, 0) is 17.8 Å². The molecular weight excluding hydrogens is 376 g/mol. The number of anilines is 1. The van der Waals surface area contributed by atoms with Crippen LogP contribution in [-0.4, -0.2) is 35.7 Å². The number of hydrogen-bond donors (Lipinski definition) is 1. The summed E-state index contributed by atoms with van der Waals surface area (Å²) >= 11 is 1.30. The number of carbonyl (C=O) groups excluding carboxylic acids is 1. The molecule has 2 aromatic carbocycles. The normalized spacial score (nSPS) is 12.0. The number of benzene rings is 2. The van der Waals surface area contributed by atoms with E-state index in [2.05, 4.69) is 14.7 Å². The Morgan fingerprint density at radius 2 is 1.96 bits per heavy atom. The molecule has 4 rings (SSSR count). The van der Waals surface area contributed by atoms with Crippen LogP contribution in [0, 0.1) is 0 Å². The molecule has 1 aliphatic heterocycles. The zero-order chi connectivity index (χ0) is 19.3. The maximum Gasteiger partial charge on any atom is 0.239 e. The zero-order valence-corrected chi connectivity index (χ0v) is 16.2. The van der Waals surface area contributed by atoms with Gasteiger partial charge in [0.15, 0.2) is 11.5 Å². The van der Waals surface area contributed by atoms with E-state index < -0.39 is 0 Å². The van der Waals surface area contributed by atoms with E-state index in [9.17, 15) is 4.79 Å². The van der Waals surface area contributed by atoms with E-state index in [0.717, 1.165) is 27.8 Å². The van der Waals surface area contributed by atoms with Gasteiger partial charge >= 0.3 is 0 Å². The van der Waals surface area contributed by atoms with Gasteiger partial charge in [0.1, 0.15) is 5.82 Å². The number of rotatable bonds is 7. The molecule has 0 unspecified atom stereocenters. The van der Waals surface area contributed by atoms with Crippen LogP contribution in [0.25, 0.3) is 0 Å². The fraction of sp³-hybridized carbons (Fsp3) is 0.250. The smallest absolute Gasteiger partial charge is 0.239 e. The van der Waals surface area contributed by atoms with Gasteiger partial charge in [0, 0.05) is 31.5 Å². The minimum absolute atomic E-state index is 0.0834. The minimum atomic E-state index is -0.0834. The van der Waals surface area contributed by atoms with Crippen molar-refractivity contribution in [2.45, 2.75) is 13.0 Å². The average Bonchev–Trinajstić information content (AvgIpc) is 3.36. The standard InChI is InChI=1S/C20H20N4O3S/c1-24(20-22-18(23-28-20)10-14-5-3-2-4-6-14)12-19(25)21-11-15-7-8-16-17(9-15)27-13-26-16/h2-9H,10-13H2,1H3,(H,21,25). The molecule has 3 aromatic rings. The first-order valence-electron chi connectivity index (χ1n) is 8.90. The molecule has 1 aliphatic rings. The summed E-state index contributed by atoms with van der Waals surface area (Å²) in [6, 6.07) is 15.7. The molecule has 28 heavy (non-hydrogen) atoms. The van der Waals surface area contributed by atoms with Crippen molar-refractivity contribution in [3.8, 4) is 11.5 Å². The van der Waals surface area contributed by atoms with Gasteiger partial charge < -0.3 is 19.7 Å². The Bertz CT molecular complexity index is 961. The predicted molar refractivity (Wildman–Crippen MR) is 107 cm³/mol. The molecule has 7 nitrogen and oxygen atoms in total. The monoisotopic (exact) mass is 396 g/mol. The Kier molecular flexibility index (Phi) is 5.38. The van der Waals surface area contributed by atoms with Crippen LogP contribution in [0.4, 0.5) is 5.13 Å². The van der Waals surface area contributed by atoms with Gasteiger partial charge in [-0.2, -0.15) is 4.37 Å². The van der Waals surface area contributed by atoms with E-state index in [1.54, 1.807) is 4.90 Å². The Balaban J connectivity index is 1.28. The fourth-order valence-corrected chi connectivity index (χ4v) is 3.48. The highest BCUT2D eigenvalue weighted by molar-refractivity contribution is 7.09. The van der Waals surface area contributed by atoms with Gasteiger partial charge in [0.2, 0.25) is 17.8 Å². The van der Waals surface area contributed by atoms with Crippen molar-refractivity contribution >= 4 is 22.6 Å². The van der Waals surface area contributed by atoms with E-state index >= 15 is 0 Å². The molecule has 2 heterocycles. The van der Waals surface area contributed by atoms with Gasteiger partial charge in [-0.1, -0.05) is 36.4 Å². The zero-order valence-electron chi connectivity index (χ0n) is 15.4. The van der Waals surface area contributed by atoms with Gasteiger partial charge in [-0.15, -0.1) is 0 Å². The van der Waals surface area contributed by atoms with Crippen LogP contribution in [0.3, 0.4) is 0 Å². The lowest BCUT2D eigenvalue weighted by Crippen LogP contribution is -2.34. The number of amides is 1. The van der Waals surface area contributed by atoms with Crippen LogP contribution >= 0.6 is 11.5 Å². The number of nitrogens with one attached hydrogen (secondary N) is 1. The van der Waals surface area contributed by atoms with E-state index in [1.165, 1.54) is 11.5 Å². The van der Waals surface area contributed by atoms with Crippen molar-refractivity contribution in [3.05, 3.63) is 65.5 Å². The SMILES string of the molecule is CN(CC(=O)NCc1ccc2c(c1)OCO2)c1nc(Cc2ccccc2)ns1. The van der Waals surface area contributed by atoms with Gasteiger partial charge in [0.25, 0.3) is 0 Å². The molecule has 1 aromatic heterocycles. The number of fused-ring (bicyclic) bond motifs is 1. The van der Waals surface area contributed by atoms with Crippen molar-refractivity contribution in [3.63, 3.8) is 0 Å². The summed E-state index contributed by atoms with van der Waals surface area (Å²) in [6.07, 6.45) is 0.682. The third kappa shape index (κ3) is 4.40. The number of aromatic nitrogens is 2. The Labute approximate surface area is 167 Å². The summed E-state index contributed by atoms with van der Waals surface area (Å²) in [5.41, 5.74) is 2.12. The van der Waals surface area contributed by atoms with Crippen molar-refractivity contribution in [2.24, 2.45) is 0 Å². The molecule has 144 valence electrons. The topological polar surface area (TPSA) is 76.6 Å². The summed E-state index contributed by atoms with van der Waals surface area (Å²) in [5.74, 6) is 2.12. The maximum atomic E-state index is 12.3. The summed E-state index contributed by atoms with van der Waals surface area (Å²) < 4.78 is 15.0. The second-order valence-electron chi connectivity index (χ2n) is 6.48. The van der Waals surface area contributed by atoms with Crippen molar-refractivity contribution in [1.29, 1.82) is 0 Å². The van der Waals surface area contributed by atoms with Crippen LogP contribution in [0.2, 0.25) is 0 Å². The molecule has 0 saturated carbocycles. The second kappa shape index (κ2) is 8.26. The molecule has 0 saturated heterocycles. The van der Waals surface area contributed by atoms with E-state index in [0.29, 0.717) is 18.7 Å². The third-order valence-corrected chi connectivity index (χ3v) is 5.16. The van der Waals surface area contributed by atoms with Crippen LogP contribution in [0.1, 0.15) is 17.0 Å². The van der Waals surface area contributed by atoms with Crippen molar-refractivity contribution in [2.75, 3.05) is 25.3 Å². The molecule has 0 aliphatic carbocycles. The Morgan fingerprint density at radius 3 is 2.82 bits per heavy atom. The summed E-state index contributed by atoms with van der Waals surface area (Å²) in [6.45, 7) is 0.882. The lowest BCUT2D eigenvalue weighted by molar-refractivity contribution is -0.119. The van der Waals surface area contributed by atoms with Gasteiger partial charge in [-0.05, 0) is 23.3 Å². The maximum absolute atomic E-state index is 12.3. The molecule has 0 fully saturated rings. The highest BCUT2D eigenvalue weighted by Crippen LogP contribution is 2.32. The highest BCUT2D eigenvalue weighted by Gasteiger charge is 2.15. The number of carbonyl (C=O) groups is 1. The quantitative estimate of drug-likeness (QED) is 0.662. The number of nitrogens with zero attached hydrogens (tertiary/aromatic N) is 3. The largest absolute Gasteiger partial charge is 0.454 e. The molecule has 1 amide bonds. The average molecular weight is 396 g/mol. The predicted octanol–water partition coefficient (Wildman–Crippen LogP) is 2.61. The number of likely N-dealkylation sites (N-methyl/N-ethyl adjacent to an activating group) is 1. The minimum Gasteiger partial charge on any atom is -0.454 e. The van der Waals surface area contributed by atoms with Gasteiger partial charge in [0.05, 0.1) is 6.54 Å². The summed E-state index contributed by atoms with van der Waals surface area (Å²) in [5, 5.41) is 3.64. The van der Waals surface area contributed by atoms with E-state index in [1.807, 2.05) is 55.6 Å². The number of ether oxygens (including phenoxy) is 2. The van der Waals surface area contributed by atoms with Gasteiger partial charge in [-0.25, -0.2) is 4.98 Å².